The van der Waals surface area contributed by atoms with Crippen LogP contribution >= 0.6 is 11.3 Å². The summed E-state index contributed by atoms with van der Waals surface area (Å²) in [6.45, 7) is 6.44. The minimum atomic E-state index is 0.0325. The molecule has 0 aliphatic heterocycles. The molecule has 0 aliphatic carbocycles. The van der Waals surface area contributed by atoms with Gasteiger partial charge in [-0.2, -0.15) is 11.3 Å². The van der Waals surface area contributed by atoms with Crippen LogP contribution in [0, 0.1) is 5.41 Å². The van der Waals surface area contributed by atoms with E-state index in [2.05, 4.69) is 42.6 Å². The molecule has 0 bridgehead atoms. The molecule has 3 heteroatoms. The van der Waals surface area contributed by atoms with E-state index in [9.17, 15) is 5.11 Å². The van der Waals surface area contributed by atoms with Gasteiger partial charge in [0.25, 0.3) is 0 Å². The van der Waals surface area contributed by atoms with Crippen molar-refractivity contribution >= 4 is 11.3 Å². The van der Waals surface area contributed by atoms with Crippen LogP contribution in [0.25, 0.3) is 0 Å². The van der Waals surface area contributed by atoms with Crippen LogP contribution in [0.3, 0.4) is 0 Å². The largest absolute Gasteiger partial charge is 0.396 e. The Morgan fingerprint density at radius 3 is 2.73 bits per heavy atom. The number of rotatable bonds is 6. The van der Waals surface area contributed by atoms with E-state index in [4.69, 9.17) is 0 Å². The summed E-state index contributed by atoms with van der Waals surface area (Å²) in [6.07, 6.45) is 1.01. The number of nitrogens with zero attached hydrogens (tertiary/aromatic N) is 1. The van der Waals surface area contributed by atoms with Crippen molar-refractivity contribution in [2.24, 2.45) is 5.41 Å². The van der Waals surface area contributed by atoms with E-state index in [1.54, 1.807) is 11.3 Å². The van der Waals surface area contributed by atoms with E-state index in [1.807, 2.05) is 0 Å². The maximum atomic E-state index is 9.34. The number of aliphatic hydroxyl groups excluding tert-OH is 1. The van der Waals surface area contributed by atoms with Gasteiger partial charge in [-0.05, 0) is 35.9 Å². The van der Waals surface area contributed by atoms with Gasteiger partial charge in [0.05, 0.1) is 0 Å². The fraction of sp³-hybridized carbons (Fsp3) is 0.667. The van der Waals surface area contributed by atoms with Gasteiger partial charge in [-0.25, -0.2) is 0 Å². The number of thiophene rings is 1. The van der Waals surface area contributed by atoms with Crippen LogP contribution in [0.2, 0.25) is 0 Å². The quantitative estimate of drug-likeness (QED) is 0.807. The summed E-state index contributed by atoms with van der Waals surface area (Å²) in [5.74, 6) is 0. The van der Waals surface area contributed by atoms with Crippen molar-refractivity contribution in [1.29, 1.82) is 0 Å². The molecule has 0 aliphatic rings. The van der Waals surface area contributed by atoms with Gasteiger partial charge in [0, 0.05) is 25.1 Å². The van der Waals surface area contributed by atoms with Crippen molar-refractivity contribution in [3.05, 3.63) is 22.4 Å². The molecular formula is C12H21NOS. The molecule has 0 saturated carbocycles. The third-order valence-electron chi connectivity index (χ3n) is 2.92. The molecule has 0 saturated heterocycles. The second-order valence-corrected chi connectivity index (χ2v) is 5.41. The molecule has 1 unspecified atom stereocenters. The molecule has 1 atom stereocenters. The summed E-state index contributed by atoms with van der Waals surface area (Å²) in [5.41, 5.74) is 1.39. The normalized spacial score (nSPS) is 15.5. The van der Waals surface area contributed by atoms with Crippen molar-refractivity contribution in [2.75, 3.05) is 20.2 Å². The maximum Gasteiger partial charge on any atom is 0.0496 e. The molecule has 0 radical (unpaired) electrons. The summed E-state index contributed by atoms with van der Waals surface area (Å²) >= 11 is 1.74. The van der Waals surface area contributed by atoms with Gasteiger partial charge in [-0.15, -0.1) is 0 Å². The van der Waals surface area contributed by atoms with Crippen LogP contribution in [0.4, 0.5) is 0 Å². The zero-order valence-electron chi connectivity index (χ0n) is 9.86. The van der Waals surface area contributed by atoms with Gasteiger partial charge in [0.2, 0.25) is 0 Å². The standard InChI is InChI=1S/C12H21NOS/c1-4-12(2,10-14)9-13(3)7-11-5-6-15-8-11/h5-6,8,14H,4,7,9-10H2,1-3H3. The van der Waals surface area contributed by atoms with Gasteiger partial charge >= 0.3 is 0 Å². The van der Waals surface area contributed by atoms with Crippen molar-refractivity contribution in [3.63, 3.8) is 0 Å². The SMILES string of the molecule is CCC(C)(CO)CN(C)Cc1ccsc1. The zero-order valence-corrected chi connectivity index (χ0v) is 10.7. The molecule has 1 aromatic rings. The Bertz CT molecular complexity index is 267. The van der Waals surface area contributed by atoms with Gasteiger partial charge < -0.3 is 10.0 Å². The Balaban J connectivity index is 2.44. The van der Waals surface area contributed by atoms with E-state index in [0.29, 0.717) is 0 Å². The first-order valence-electron chi connectivity index (χ1n) is 5.40. The van der Waals surface area contributed by atoms with Gasteiger partial charge in [0.1, 0.15) is 0 Å². The number of hydrogen-bond acceptors (Lipinski definition) is 3. The first kappa shape index (κ1) is 12.7. The van der Waals surface area contributed by atoms with E-state index in [1.165, 1.54) is 5.56 Å². The zero-order chi connectivity index (χ0) is 11.3. The lowest BCUT2D eigenvalue weighted by molar-refractivity contribution is 0.0930. The van der Waals surface area contributed by atoms with E-state index in [-0.39, 0.29) is 12.0 Å². The lowest BCUT2D eigenvalue weighted by Gasteiger charge is -2.31. The fourth-order valence-corrected chi connectivity index (χ4v) is 2.34. The molecule has 86 valence electrons. The third kappa shape index (κ3) is 3.93. The van der Waals surface area contributed by atoms with Crippen LogP contribution < -0.4 is 0 Å². The molecule has 0 amide bonds. The molecule has 1 heterocycles. The summed E-state index contributed by atoms with van der Waals surface area (Å²) < 4.78 is 0. The van der Waals surface area contributed by atoms with E-state index < -0.39 is 0 Å². The lowest BCUT2D eigenvalue weighted by Crippen LogP contribution is -2.35. The smallest absolute Gasteiger partial charge is 0.0496 e. The molecule has 0 aromatic carbocycles. The Hall–Kier alpha value is -0.380. The predicted molar refractivity (Wildman–Crippen MR) is 66.1 cm³/mol. The minimum absolute atomic E-state index is 0.0325. The number of hydrogen-bond donors (Lipinski definition) is 1. The van der Waals surface area contributed by atoms with Gasteiger partial charge in [-0.1, -0.05) is 13.8 Å². The third-order valence-corrected chi connectivity index (χ3v) is 3.65. The second-order valence-electron chi connectivity index (χ2n) is 4.63. The van der Waals surface area contributed by atoms with Crippen molar-refractivity contribution in [2.45, 2.75) is 26.8 Å². The Labute approximate surface area is 96.5 Å². The highest BCUT2D eigenvalue weighted by Gasteiger charge is 2.22. The molecule has 0 fully saturated rings. The summed E-state index contributed by atoms with van der Waals surface area (Å²) in [5, 5.41) is 13.6. The Morgan fingerprint density at radius 2 is 2.27 bits per heavy atom. The topological polar surface area (TPSA) is 23.5 Å². The van der Waals surface area contributed by atoms with Gasteiger partial charge in [0.15, 0.2) is 0 Å². The molecule has 2 nitrogen and oxygen atoms in total. The molecule has 1 rings (SSSR count). The van der Waals surface area contributed by atoms with E-state index in [0.717, 1.165) is 19.5 Å². The maximum absolute atomic E-state index is 9.34. The van der Waals surface area contributed by atoms with E-state index >= 15 is 0 Å². The summed E-state index contributed by atoms with van der Waals surface area (Å²) in [6, 6.07) is 2.16. The molecule has 0 spiro atoms. The highest BCUT2D eigenvalue weighted by atomic mass is 32.1. The highest BCUT2D eigenvalue weighted by Crippen LogP contribution is 2.22. The van der Waals surface area contributed by atoms with Crippen LogP contribution in [0.1, 0.15) is 25.8 Å². The van der Waals surface area contributed by atoms with Crippen LogP contribution in [-0.2, 0) is 6.54 Å². The molecule has 15 heavy (non-hydrogen) atoms. The van der Waals surface area contributed by atoms with Crippen LogP contribution in [-0.4, -0.2) is 30.2 Å². The average Bonchev–Trinajstić information content (AvgIpc) is 2.70. The van der Waals surface area contributed by atoms with Crippen molar-refractivity contribution in [1.82, 2.24) is 4.90 Å². The van der Waals surface area contributed by atoms with Crippen molar-refractivity contribution in [3.8, 4) is 0 Å². The first-order chi connectivity index (χ1) is 7.09. The van der Waals surface area contributed by atoms with Crippen LogP contribution in [0.5, 0.6) is 0 Å². The summed E-state index contributed by atoms with van der Waals surface area (Å²) in [4.78, 5) is 2.28. The Kier molecular flexibility index (Phi) is 4.77. The average molecular weight is 227 g/mol. The fourth-order valence-electron chi connectivity index (χ4n) is 1.68. The molecule has 1 aromatic heterocycles. The minimum Gasteiger partial charge on any atom is -0.396 e. The molecular weight excluding hydrogens is 206 g/mol. The first-order valence-corrected chi connectivity index (χ1v) is 6.34. The van der Waals surface area contributed by atoms with Crippen molar-refractivity contribution < 1.29 is 5.11 Å². The summed E-state index contributed by atoms with van der Waals surface area (Å²) in [7, 11) is 2.11. The monoisotopic (exact) mass is 227 g/mol. The second kappa shape index (κ2) is 5.64. The van der Waals surface area contributed by atoms with Gasteiger partial charge in [-0.3, -0.25) is 0 Å². The highest BCUT2D eigenvalue weighted by molar-refractivity contribution is 7.07. The molecule has 1 N–H and O–H groups in total. The number of aliphatic hydroxyl groups is 1. The van der Waals surface area contributed by atoms with Crippen LogP contribution in [0.15, 0.2) is 16.8 Å². The lowest BCUT2D eigenvalue weighted by atomic mass is 9.88. The predicted octanol–water partition coefficient (Wildman–Crippen LogP) is 2.59. The Morgan fingerprint density at radius 1 is 1.53 bits per heavy atom.